The summed E-state index contributed by atoms with van der Waals surface area (Å²) in [4.78, 5) is 19.7. The molecule has 0 aromatic carbocycles. The molecule has 0 spiro atoms. The number of nitrogens with two attached hydrogens (primary N) is 1. The van der Waals surface area contributed by atoms with Crippen molar-refractivity contribution in [1.82, 2.24) is 9.97 Å². The molecule has 0 aliphatic rings. The van der Waals surface area contributed by atoms with Crippen molar-refractivity contribution in [1.29, 1.82) is 0 Å². The topological polar surface area (TPSA) is 94.0 Å². The normalized spacial score (nSPS) is 10.5. The van der Waals surface area contributed by atoms with Crippen LogP contribution in [0.2, 0.25) is 0 Å². The lowest BCUT2D eigenvalue weighted by Gasteiger charge is -2.01. The van der Waals surface area contributed by atoms with E-state index in [1.165, 1.54) is 17.6 Å². The number of nitrogens with one attached hydrogen (secondary N) is 1. The van der Waals surface area contributed by atoms with E-state index in [4.69, 9.17) is 10.2 Å². The molecule has 0 fully saturated rings. The van der Waals surface area contributed by atoms with E-state index < -0.39 is 5.91 Å². The Bertz CT molecular complexity index is 767. The highest BCUT2D eigenvalue weighted by Gasteiger charge is 2.11. The zero-order valence-corrected chi connectivity index (χ0v) is 12.5. The number of aromatic nitrogens is 2. The Morgan fingerprint density at radius 1 is 1.41 bits per heavy atom. The fraction of sp³-hybridized carbons (Fsp3) is 0.133. The summed E-state index contributed by atoms with van der Waals surface area (Å²) in [6.45, 7) is 0.745. The number of hydrogen-bond acceptors (Lipinski definition) is 6. The minimum atomic E-state index is -0.515. The number of hydrogen-bond donors (Lipinski definition) is 2. The molecule has 3 aromatic heterocycles. The van der Waals surface area contributed by atoms with Crippen molar-refractivity contribution in [2.75, 3.05) is 11.9 Å². The van der Waals surface area contributed by atoms with Crippen LogP contribution in [-0.2, 0) is 6.42 Å². The largest absolute Gasteiger partial charge is 0.462 e. The van der Waals surface area contributed by atoms with Crippen LogP contribution in [0.4, 0.5) is 5.13 Å². The first-order valence-corrected chi connectivity index (χ1v) is 7.58. The van der Waals surface area contributed by atoms with Gasteiger partial charge in [-0.3, -0.25) is 9.78 Å². The van der Waals surface area contributed by atoms with Crippen LogP contribution >= 0.6 is 11.3 Å². The number of furan rings is 1. The summed E-state index contributed by atoms with van der Waals surface area (Å²) < 4.78 is 5.30. The van der Waals surface area contributed by atoms with Crippen molar-refractivity contribution in [3.63, 3.8) is 0 Å². The Kier molecular flexibility index (Phi) is 4.15. The number of thiazole rings is 1. The van der Waals surface area contributed by atoms with Gasteiger partial charge in [0.2, 0.25) is 0 Å². The first-order valence-electron chi connectivity index (χ1n) is 6.70. The molecule has 0 radical (unpaired) electrons. The highest BCUT2D eigenvalue weighted by molar-refractivity contribution is 7.14. The van der Waals surface area contributed by atoms with Gasteiger partial charge in [-0.1, -0.05) is 6.07 Å². The Balaban J connectivity index is 1.60. The maximum atomic E-state index is 11.1. The van der Waals surface area contributed by atoms with Gasteiger partial charge >= 0.3 is 0 Å². The zero-order valence-electron chi connectivity index (χ0n) is 11.7. The number of amides is 1. The van der Waals surface area contributed by atoms with Crippen molar-refractivity contribution in [2.45, 2.75) is 6.42 Å². The molecule has 6 nitrogen and oxygen atoms in total. The number of rotatable bonds is 6. The molecule has 0 saturated heterocycles. The number of pyridine rings is 1. The van der Waals surface area contributed by atoms with Crippen LogP contribution in [0.25, 0.3) is 11.5 Å². The quantitative estimate of drug-likeness (QED) is 0.729. The second-order valence-electron chi connectivity index (χ2n) is 4.60. The van der Waals surface area contributed by atoms with Gasteiger partial charge in [-0.2, -0.15) is 0 Å². The van der Waals surface area contributed by atoms with E-state index in [9.17, 15) is 4.79 Å². The number of carbonyl (C=O) groups excluding carboxylic acids is 1. The minimum Gasteiger partial charge on any atom is -0.462 e. The third-order valence-corrected chi connectivity index (χ3v) is 3.82. The van der Waals surface area contributed by atoms with Crippen LogP contribution in [0.5, 0.6) is 0 Å². The molecule has 112 valence electrons. The molecule has 0 bridgehead atoms. The van der Waals surface area contributed by atoms with Gasteiger partial charge in [0.15, 0.2) is 10.9 Å². The van der Waals surface area contributed by atoms with Gasteiger partial charge in [-0.15, -0.1) is 11.3 Å². The Morgan fingerprint density at radius 2 is 2.32 bits per heavy atom. The molecule has 3 N–H and O–H groups in total. The summed E-state index contributed by atoms with van der Waals surface area (Å²) in [7, 11) is 0. The van der Waals surface area contributed by atoms with Crippen molar-refractivity contribution in [3.05, 3.63) is 53.4 Å². The lowest BCUT2D eigenvalue weighted by molar-refractivity contribution is 0.0999. The molecule has 3 rings (SSSR count). The molecule has 0 aliphatic heterocycles. The molecular formula is C15H14N4O2S. The number of nitrogens with zero attached hydrogens (tertiary/aromatic N) is 2. The smallest absolute Gasteiger partial charge is 0.251 e. The molecule has 1 amide bonds. The monoisotopic (exact) mass is 314 g/mol. The van der Waals surface area contributed by atoms with Gasteiger partial charge in [0.1, 0.15) is 12.0 Å². The molecule has 0 saturated carbocycles. The van der Waals surface area contributed by atoms with Gasteiger partial charge in [0.05, 0.1) is 5.56 Å². The van der Waals surface area contributed by atoms with Crippen LogP contribution in [-0.4, -0.2) is 22.4 Å². The Labute approximate surface area is 131 Å². The second-order valence-corrected chi connectivity index (χ2v) is 5.46. The van der Waals surface area contributed by atoms with Crippen LogP contribution in [0.15, 0.2) is 46.5 Å². The molecule has 0 aliphatic carbocycles. The van der Waals surface area contributed by atoms with Crippen molar-refractivity contribution < 1.29 is 9.21 Å². The molecule has 22 heavy (non-hydrogen) atoms. The fourth-order valence-electron chi connectivity index (χ4n) is 1.91. The summed E-state index contributed by atoms with van der Waals surface area (Å²) in [5.74, 6) is 0.0155. The third-order valence-electron chi connectivity index (χ3n) is 3.02. The predicted octanol–water partition coefficient (Wildman–Crippen LogP) is 2.55. The van der Waals surface area contributed by atoms with Crippen LogP contribution < -0.4 is 11.1 Å². The molecule has 3 heterocycles. The first kappa shape index (κ1) is 14.3. The van der Waals surface area contributed by atoms with E-state index in [-0.39, 0.29) is 0 Å². The standard InChI is InChI=1S/C15H14N4O2S/c16-14(20)10-7-13(21-8-10)12-9-22-15(19-12)18-6-4-11-3-1-2-5-17-11/h1-3,5,7-9H,4,6H2,(H2,16,20)(H,18,19). The maximum absolute atomic E-state index is 11.1. The van der Waals surface area contributed by atoms with E-state index >= 15 is 0 Å². The SMILES string of the molecule is NC(=O)c1coc(-c2csc(NCCc3ccccn3)n2)c1. The van der Waals surface area contributed by atoms with E-state index in [0.717, 1.165) is 23.8 Å². The maximum Gasteiger partial charge on any atom is 0.251 e. The van der Waals surface area contributed by atoms with Gasteiger partial charge in [0, 0.05) is 30.2 Å². The highest BCUT2D eigenvalue weighted by Crippen LogP contribution is 2.26. The molecule has 7 heteroatoms. The van der Waals surface area contributed by atoms with Crippen molar-refractivity contribution >= 4 is 22.4 Å². The fourth-order valence-corrected chi connectivity index (χ4v) is 2.64. The van der Waals surface area contributed by atoms with Crippen LogP contribution in [0.3, 0.4) is 0 Å². The molecular weight excluding hydrogens is 300 g/mol. The third kappa shape index (κ3) is 3.32. The highest BCUT2D eigenvalue weighted by atomic mass is 32.1. The minimum absolute atomic E-state index is 0.340. The van der Waals surface area contributed by atoms with E-state index in [0.29, 0.717) is 17.0 Å². The Morgan fingerprint density at radius 3 is 3.05 bits per heavy atom. The van der Waals surface area contributed by atoms with E-state index in [2.05, 4.69) is 15.3 Å². The summed E-state index contributed by atoms with van der Waals surface area (Å²) in [6.07, 6.45) is 3.94. The molecule has 0 atom stereocenters. The van der Waals surface area contributed by atoms with Crippen LogP contribution in [0.1, 0.15) is 16.1 Å². The number of carbonyl (C=O) groups is 1. The first-order chi connectivity index (χ1) is 10.7. The lowest BCUT2D eigenvalue weighted by Crippen LogP contribution is -2.09. The van der Waals surface area contributed by atoms with Gasteiger partial charge in [-0.05, 0) is 18.2 Å². The van der Waals surface area contributed by atoms with Crippen LogP contribution in [0, 0.1) is 0 Å². The average molecular weight is 314 g/mol. The van der Waals surface area contributed by atoms with Crippen molar-refractivity contribution in [2.24, 2.45) is 5.73 Å². The summed E-state index contributed by atoms with van der Waals surface area (Å²) >= 11 is 1.48. The molecule has 3 aromatic rings. The zero-order chi connectivity index (χ0) is 15.4. The summed E-state index contributed by atoms with van der Waals surface area (Å²) in [5.41, 5.74) is 7.25. The average Bonchev–Trinajstić information content (AvgIpc) is 3.17. The summed E-state index contributed by atoms with van der Waals surface area (Å²) in [6, 6.07) is 7.45. The number of primary amides is 1. The van der Waals surface area contributed by atoms with E-state index in [1.807, 2.05) is 23.6 Å². The van der Waals surface area contributed by atoms with Gasteiger partial charge in [0.25, 0.3) is 5.91 Å². The summed E-state index contributed by atoms with van der Waals surface area (Å²) in [5, 5.41) is 5.91. The van der Waals surface area contributed by atoms with Gasteiger partial charge < -0.3 is 15.5 Å². The van der Waals surface area contributed by atoms with Crippen molar-refractivity contribution in [3.8, 4) is 11.5 Å². The Hall–Kier alpha value is -2.67. The second kappa shape index (κ2) is 6.40. The lowest BCUT2D eigenvalue weighted by atomic mass is 10.3. The van der Waals surface area contributed by atoms with E-state index in [1.54, 1.807) is 12.3 Å². The molecule has 0 unspecified atom stereocenters. The van der Waals surface area contributed by atoms with Gasteiger partial charge in [-0.25, -0.2) is 4.98 Å². The predicted molar refractivity (Wildman–Crippen MR) is 84.8 cm³/mol. The number of anilines is 1.